The van der Waals surface area contributed by atoms with Crippen molar-refractivity contribution in [2.45, 2.75) is 5.41 Å². The summed E-state index contributed by atoms with van der Waals surface area (Å²) in [5, 5.41) is 5.17. The third kappa shape index (κ3) is 4.35. The van der Waals surface area contributed by atoms with E-state index in [1.54, 1.807) is 0 Å². The van der Waals surface area contributed by atoms with Crippen LogP contribution in [0, 0.1) is 0 Å². The van der Waals surface area contributed by atoms with Gasteiger partial charge in [-0.15, -0.1) is 0 Å². The molecule has 2 heteroatoms. The summed E-state index contributed by atoms with van der Waals surface area (Å²) in [4.78, 5) is 2.02. The van der Waals surface area contributed by atoms with Crippen LogP contribution in [-0.4, -0.2) is 4.57 Å². The first-order valence-electron chi connectivity index (χ1n) is 22.6. The molecule has 2 aliphatic rings. The van der Waals surface area contributed by atoms with Crippen LogP contribution in [0.2, 0.25) is 0 Å². The second-order valence-corrected chi connectivity index (χ2v) is 15.6. The van der Waals surface area contributed by atoms with Crippen molar-refractivity contribution in [1.29, 1.82) is 0 Å². The van der Waals surface area contributed by atoms with Crippen LogP contribution in [0.5, 0.6) is 0 Å². The van der Waals surface area contributed by atoms with Crippen molar-refractivity contribution in [1.82, 2.24) is 4.57 Å². The molecule has 0 fully saturated rings. The topological polar surface area (TPSA) is 8.17 Å². The van der Waals surface area contributed by atoms with Crippen molar-refractivity contribution in [3.63, 3.8) is 0 Å². The van der Waals surface area contributed by atoms with E-state index in [2.05, 4.69) is 114 Å². The molecule has 0 N–H and O–H groups in total. The summed E-state index contributed by atoms with van der Waals surface area (Å²) < 4.78 is 52.3. The van der Waals surface area contributed by atoms with Gasteiger partial charge in [-0.2, -0.15) is 0 Å². The van der Waals surface area contributed by atoms with Crippen molar-refractivity contribution >= 4 is 60.4 Å². The molecular weight excluding hydrogens is 713 g/mol. The molecule has 10 aromatic carbocycles. The zero-order valence-electron chi connectivity index (χ0n) is 36.8. The Labute approximate surface area is 349 Å². The second kappa shape index (κ2) is 12.2. The fourth-order valence-corrected chi connectivity index (χ4v) is 10.4. The van der Waals surface area contributed by atoms with Crippen LogP contribution in [0.15, 0.2) is 218 Å². The highest BCUT2D eigenvalue weighted by atomic mass is 15.1. The molecule has 1 aromatic heterocycles. The molecule has 0 bridgehead atoms. The molecule has 0 aliphatic heterocycles. The number of anilines is 3. The summed E-state index contributed by atoms with van der Waals surface area (Å²) >= 11 is 0. The van der Waals surface area contributed by atoms with Crippen molar-refractivity contribution in [3.05, 3.63) is 241 Å². The lowest BCUT2D eigenvalue weighted by atomic mass is 9.61. The van der Waals surface area contributed by atoms with Crippen LogP contribution in [0.4, 0.5) is 17.1 Å². The molecule has 0 amide bonds. The van der Waals surface area contributed by atoms with Gasteiger partial charge in [-0.05, 0) is 109 Å². The Balaban J connectivity index is 1.21. The fraction of sp³-hybridized carbons (Fsp3) is 0.0175. The smallest absolute Gasteiger partial charge is 0.0725 e. The average molecular weight is 754 g/mol. The summed E-state index contributed by atoms with van der Waals surface area (Å²) in [5.74, 6) is 0. The predicted molar refractivity (Wildman–Crippen MR) is 247 cm³/mol. The summed E-state index contributed by atoms with van der Waals surface area (Å²) in [6.45, 7) is 0. The maximum Gasteiger partial charge on any atom is 0.0725 e. The van der Waals surface area contributed by atoms with Crippen LogP contribution in [0.3, 0.4) is 0 Å². The third-order valence-electron chi connectivity index (χ3n) is 12.7. The number of aromatic nitrogens is 1. The van der Waals surface area contributed by atoms with Gasteiger partial charge in [0.15, 0.2) is 0 Å². The maximum atomic E-state index is 10.5. The lowest BCUT2D eigenvalue weighted by Gasteiger charge is -2.40. The molecule has 2 aliphatic carbocycles. The molecule has 274 valence electrons. The van der Waals surface area contributed by atoms with Crippen molar-refractivity contribution in [2.24, 2.45) is 0 Å². The van der Waals surface area contributed by atoms with E-state index in [9.17, 15) is 6.85 Å². The number of nitrogens with zero attached hydrogens (tertiary/aromatic N) is 2. The quantitative estimate of drug-likeness (QED) is 0.174. The van der Waals surface area contributed by atoms with Crippen LogP contribution >= 0.6 is 0 Å². The first-order chi connectivity index (χ1) is 31.4. The van der Waals surface area contributed by atoms with E-state index in [0.717, 1.165) is 83.0 Å². The van der Waals surface area contributed by atoms with Gasteiger partial charge in [-0.3, -0.25) is 0 Å². The van der Waals surface area contributed by atoms with E-state index in [-0.39, 0.29) is 30.2 Å². The highest BCUT2D eigenvalue weighted by Gasteiger charge is 2.50. The van der Waals surface area contributed by atoms with Gasteiger partial charge >= 0.3 is 0 Å². The SMILES string of the molecule is [2H]c1c([2H])c2c3c(c([2H])c([2H])c(N(c4ccc5ccccc5c4)c4ccc5c6ccccc6n(-c6ccccc6)c5c4)c3c1[2H])C1(c3ccccc3-c3ccccc31)c1ccccc1-2. The van der Waals surface area contributed by atoms with Gasteiger partial charge in [0.1, 0.15) is 0 Å². The number of benzene rings is 10. The summed E-state index contributed by atoms with van der Waals surface area (Å²) in [5.41, 5.74) is 10.7. The van der Waals surface area contributed by atoms with Gasteiger partial charge in [0.05, 0.1) is 29.0 Å². The Hall–Kier alpha value is -7.68. The first kappa shape index (κ1) is 27.8. The lowest BCUT2D eigenvalue weighted by Crippen LogP contribution is -2.32. The number of fused-ring (bicyclic) bond motifs is 13. The minimum atomic E-state index is -1.04. The Morgan fingerprint density at radius 1 is 0.407 bits per heavy atom. The highest BCUT2D eigenvalue weighted by Crippen LogP contribution is 2.62. The van der Waals surface area contributed by atoms with Gasteiger partial charge in [0, 0.05) is 33.2 Å². The van der Waals surface area contributed by atoms with Crippen LogP contribution < -0.4 is 4.90 Å². The number of hydrogen-bond donors (Lipinski definition) is 0. The van der Waals surface area contributed by atoms with Gasteiger partial charge in [0.25, 0.3) is 0 Å². The molecule has 0 unspecified atom stereocenters. The van der Waals surface area contributed by atoms with Gasteiger partial charge < -0.3 is 9.47 Å². The highest BCUT2D eigenvalue weighted by molar-refractivity contribution is 6.14. The Morgan fingerprint density at radius 2 is 1.00 bits per heavy atom. The maximum absolute atomic E-state index is 10.5. The molecular formula is C57H36N2. The van der Waals surface area contributed by atoms with Crippen LogP contribution in [0.1, 0.15) is 29.1 Å². The Bertz CT molecular complexity index is 3770. The van der Waals surface area contributed by atoms with Crippen LogP contribution in [-0.2, 0) is 5.41 Å². The molecule has 2 nitrogen and oxygen atoms in total. The molecule has 1 spiro atoms. The molecule has 0 atom stereocenters. The molecule has 1 heterocycles. The van der Waals surface area contributed by atoms with E-state index in [0.29, 0.717) is 27.6 Å². The normalized spacial score (nSPS) is 14.4. The lowest BCUT2D eigenvalue weighted by molar-refractivity contribution is 0.773. The monoisotopic (exact) mass is 753 g/mol. The summed E-state index contributed by atoms with van der Waals surface area (Å²) in [6.07, 6.45) is 0. The van der Waals surface area contributed by atoms with Gasteiger partial charge in [-0.25, -0.2) is 0 Å². The summed E-state index contributed by atoms with van der Waals surface area (Å²) in [7, 11) is 0. The minimum Gasteiger partial charge on any atom is -0.310 e. The third-order valence-corrected chi connectivity index (χ3v) is 12.7. The van der Waals surface area contributed by atoms with Crippen molar-refractivity contribution in [2.75, 3.05) is 4.90 Å². The van der Waals surface area contributed by atoms with Crippen LogP contribution in [0.25, 0.3) is 71.3 Å². The standard InChI is InChI=1S/C57H36N2/c1-2-17-39(18-3-1)59-53-28-13-9-22-45(53)46-32-31-41(36-55(46)59)58(40-30-29-37-15-4-5-16-38(37)35-40)54-34-33-52-56-47(23-14-24-48(54)56)44-21-8-12-27-51(44)57(52)49-25-10-6-19-42(49)43-20-7-11-26-50(43)57/h1-36H/i14D,23D,24D,33D,34D. The van der Waals surface area contributed by atoms with E-state index < -0.39 is 5.41 Å². The minimum absolute atomic E-state index is 0.0200. The van der Waals surface area contributed by atoms with Gasteiger partial charge in [-0.1, -0.05) is 170 Å². The molecule has 13 rings (SSSR count). The Kier molecular flexibility index (Phi) is 5.74. The van der Waals surface area contributed by atoms with Gasteiger partial charge in [0.2, 0.25) is 0 Å². The van der Waals surface area contributed by atoms with Crippen molar-refractivity contribution < 1.29 is 6.85 Å². The average Bonchev–Trinajstić information content (AvgIpc) is 3.83. The zero-order chi connectivity index (χ0) is 43.0. The summed E-state index contributed by atoms with van der Waals surface area (Å²) in [6, 6.07) is 63.7. The largest absolute Gasteiger partial charge is 0.310 e. The fourth-order valence-electron chi connectivity index (χ4n) is 10.4. The van der Waals surface area contributed by atoms with E-state index in [1.165, 1.54) is 0 Å². The Morgan fingerprint density at radius 3 is 1.76 bits per heavy atom. The van der Waals surface area contributed by atoms with E-state index in [4.69, 9.17) is 0 Å². The zero-order valence-corrected chi connectivity index (χ0v) is 31.8. The number of para-hydroxylation sites is 2. The number of rotatable bonds is 4. The molecule has 0 saturated carbocycles. The second-order valence-electron chi connectivity index (χ2n) is 15.6. The predicted octanol–water partition coefficient (Wildman–Crippen LogP) is 14.9. The molecule has 11 aromatic rings. The number of hydrogen-bond acceptors (Lipinski definition) is 1. The van der Waals surface area contributed by atoms with E-state index in [1.807, 2.05) is 83.8 Å². The molecule has 59 heavy (non-hydrogen) atoms. The molecule has 0 radical (unpaired) electrons. The first-order valence-corrected chi connectivity index (χ1v) is 20.1. The van der Waals surface area contributed by atoms with E-state index >= 15 is 0 Å². The van der Waals surface area contributed by atoms with Crippen molar-refractivity contribution in [3.8, 4) is 27.9 Å². The molecule has 0 saturated heterocycles.